The van der Waals surface area contributed by atoms with Crippen LogP contribution in [0.3, 0.4) is 0 Å². The first kappa shape index (κ1) is 11.0. The molecule has 3 heteroatoms. The zero-order valence-corrected chi connectivity index (χ0v) is 8.68. The molecule has 0 aromatic carbocycles. The van der Waals surface area contributed by atoms with Crippen molar-refractivity contribution in [1.29, 1.82) is 0 Å². The largest absolute Gasteiger partial charge is 0.394 e. The molecule has 0 aromatic rings. The Morgan fingerprint density at radius 3 is 2.54 bits per heavy atom. The molecule has 0 saturated heterocycles. The lowest BCUT2D eigenvalue weighted by Gasteiger charge is -2.28. The van der Waals surface area contributed by atoms with E-state index in [2.05, 4.69) is 5.32 Å². The first-order chi connectivity index (χ1) is 6.20. The molecule has 0 bridgehead atoms. The summed E-state index contributed by atoms with van der Waals surface area (Å²) in [6, 6.07) is 0. The zero-order valence-electron chi connectivity index (χ0n) is 8.68. The maximum Gasteiger partial charge on any atom is 0.0671 e. The summed E-state index contributed by atoms with van der Waals surface area (Å²) in [4.78, 5) is 0. The van der Waals surface area contributed by atoms with E-state index in [1.165, 1.54) is 25.7 Å². The summed E-state index contributed by atoms with van der Waals surface area (Å²) in [6.45, 7) is 2.70. The van der Waals surface area contributed by atoms with Crippen LogP contribution in [0.1, 0.15) is 32.6 Å². The number of hydrogen-bond donors (Lipinski definition) is 2. The van der Waals surface area contributed by atoms with Gasteiger partial charge >= 0.3 is 0 Å². The highest BCUT2D eigenvalue weighted by Gasteiger charge is 2.24. The molecular weight excluding hydrogens is 166 g/mol. The summed E-state index contributed by atoms with van der Waals surface area (Å²) in [5, 5.41) is 12.2. The summed E-state index contributed by atoms with van der Waals surface area (Å²) >= 11 is 0. The van der Waals surface area contributed by atoms with Crippen LogP contribution in [0, 0.1) is 0 Å². The number of nitrogens with one attached hydrogen (secondary N) is 1. The number of ether oxygens (including phenoxy) is 1. The summed E-state index contributed by atoms with van der Waals surface area (Å²) in [5.41, 5.74) is -0.275. The fraction of sp³-hybridized carbons (Fsp3) is 1.00. The number of likely N-dealkylation sites (N-methyl/N-ethyl adjacent to an activating group) is 1. The molecule has 1 atom stereocenters. The molecule has 1 rings (SSSR count). The standard InChI is InChI=1S/C10H21NO2/c1-10(7-12,11-2)8-13-9-5-3-4-6-9/h9,11-12H,3-8H2,1-2H3. The number of aliphatic hydroxyl groups is 1. The lowest BCUT2D eigenvalue weighted by atomic mass is 10.1. The van der Waals surface area contributed by atoms with E-state index in [4.69, 9.17) is 9.84 Å². The number of rotatable bonds is 5. The molecule has 1 fully saturated rings. The molecule has 0 aliphatic heterocycles. The van der Waals surface area contributed by atoms with Crippen molar-refractivity contribution in [2.75, 3.05) is 20.3 Å². The second kappa shape index (κ2) is 4.94. The van der Waals surface area contributed by atoms with Gasteiger partial charge in [-0.2, -0.15) is 0 Å². The monoisotopic (exact) mass is 187 g/mol. The van der Waals surface area contributed by atoms with Crippen molar-refractivity contribution in [2.24, 2.45) is 0 Å². The van der Waals surface area contributed by atoms with Crippen molar-refractivity contribution in [3.8, 4) is 0 Å². The van der Waals surface area contributed by atoms with Crippen molar-refractivity contribution < 1.29 is 9.84 Å². The van der Waals surface area contributed by atoms with Gasteiger partial charge in [-0.25, -0.2) is 0 Å². The van der Waals surface area contributed by atoms with Crippen LogP contribution in [-0.4, -0.2) is 37.0 Å². The van der Waals surface area contributed by atoms with Crippen LogP contribution < -0.4 is 5.32 Å². The molecule has 3 nitrogen and oxygen atoms in total. The van der Waals surface area contributed by atoms with Gasteiger partial charge in [-0.15, -0.1) is 0 Å². The third-order valence-corrected chi connectivity index (χ3v) is 2.89. The Morgan fingerprint density at radius 1 is 1.46 bits per heavy atom. The highest BCUT2D eigenvalue weighted by molar-refractivity contribution is 4.81. The van der Waals surface area contributed by atoms with E-state index in [1.54, 1.807) is 0 Å². The smallest absolute Gasteiger partial charge is 0.0671 e. The van der Waals surface area contributed by atoms with E-state index in [9.17, 15) is 0 Å². The second-order valence-electron chi connectivity index (χ2n) is 4.19. The van der Waals surface area contributed by atoms with Gasteiger partial charge < -0.3 is 15.2 Å². The highest BCUT2D eigenvalue weighted by Crippen LogP contribution is 2.21. The van der Waals surface area contributed by atoms with Gasteiger partial charge in [0.25, 0.3) is 0 Å². The van der Waals surface area contributed by atoms with Crippen LogP contribution >= 0.6 is 0 Å². The summed E-state index contributed by atoms with van der Waals surface area (Å²) in [5.74, 6) is 0. The van der Waals surface area contributed by atoms with Crippen LogP contribution in [0.5, 0.6) is 0 Å². The molecule has 2 N–H and O–H groups in total. The Bertz CT molecular complexity index is 140. The van der Waals surface area contributed by atoms with Crippen molar-refractivity contribution >= 4 is 0 Å². The van der Waals surface area contributed by atoms with Crippen LogP contribution in [0.25, 0.3) is 0 Å². The molecule has 0 aromatic heterocycles. The quantitative estimate of drug-likeness (QED) is 0.672. The van der Waals surface area contributed by atoms with E-state index < -0.39 is 0 Å². The lowest BCUT2D eigenvalue weighted by molar-refractivity contribution is 0.00217. The first-order valence-corrected chi connectivity index (χ1v) is 5.11. The minimum Gasteiger partial charge on any atom is -0.394 e. The third kappa shape index (κ3) is 3.25. The second-order valence-corrected chi connectivity index (χ2v) is 4.19. The Labute approximate surface area is 80.5 Å². The van der Waals surface area contributed by atoms with Gasteiger partial charge in [0.05, 0.1) is 24.9 Å². The Balaban J connectivity index is 2.22. The van der Waals surface area contributed by atoms with Gasteiger partial charge in [0.15, 0.2) is 0 Å². The minimum absolute atomic E-state index is 0.121. The molecule has 0 spiro atoms. The van der Waals surface area contributed by atoms with Gasteiger partial charge in [0.1, 0.15) is 0 Å². The van der Waals surface area contributed by atoms with Gasteiger partial charge in [-0.1, -0.05) is 12.8 Å². The predicted molar refractivity (Wildman–Crippen MR) is 52.8 cm³/mol. The molecule has 13 heavy (non-hydrogen) atoms. The summed E-state index contributed by atoms with van der Waals surface area (Å²) in [6.07, 6.45) is 5.38. The van der Waals surface area contributed by atoms with E-state index in [0.29, 0.717) is 12.7 Å². The van der Waals surface area contributed by atoms with Gasteiger partial charge in [-0.05, 0) is 26.8 Å². The Morgan fingerprint density at radius 2 is 2.08 bits per heavy atom. The molecule has 0 amide bonds. The minimum atomic E-state index is -0.275. The maximum atomic E-state index is 9.12. The van der Waals surface area contributed by atoms with Gasteiger partial charge in [0, 0.05) is 0 Å². The van der Waals surface area contributed by atoms with Crippen LogP contribution in [-0.2, 0) is 4.74 Å². The average Bonchev–Trinajstić information content (AvgIpc) is 2.67. The molecular formula is C10H21NO2. The van der Waals surface area contributed by atoms with E-state index >= 15 is 0 Å². The fourth-order valence-electron chi connectivity index (χ4n) is 1.55. The molecule has 1 unspecified atom stereocenters. The fourth-order valence-corrected chi connectivity index (χ4v) is 1.55. The lowest BCUT2D eigenvalue weighted by Crippen LogP contribution is -2.48. The SMILES string of the molecule is CNC(C)(CO)COC1CCCC1. The normalized spacial score (nSPS) is 23.3. The highest BCUT2D eigenvalue weighted by atomic mass is 16.5. The molecule has 78 valence electrons. The number of hydrogen-bond acceptors (Lipinski definition) is 3. The topological polar surface area (TPSA) is 41.5 Å². The van der Waals surface area contributed by atoms with Gasteiger partial charge in [-0.3, -0.25) is 0 Å². The third-order valence-electron chi connectivity index (χ3n) is 2.89. The summed E-state index contributed by atoms with van der Waals surface area (Å²) in [7, 11) is 1.86. The van der Waals surface area contributed by atoms with Crippen molar-refractivity contribution in [2.45, 2.75) is 44.2 Å². The average molecular weight is 187 g/mol. The van der Waals surface area contributed by atoms with E-state index in [-0.39, 0.29) is 12.1 Å². The van der Waals surface area contributed by atoms with E-state index in [0.717, 1.165) is 0 Å². The molecule has 1 saturated carbocycles. The van der Waals surface area contributed by atoms with E-state index in [1.807, 2.05) is 14.0 Å². The van der Waals surface area contributed by atoms with Crippen LogP contribution in [0.15, 0.2) is 0 Å². The van der Waals surface area contributed by atoms with Crippen LogP contribution in [0.4, 0.5) is 0 Å². The molecule has 1 aliphatic carbocycles. The zero-order chi connectivity index (χ0) is 9.73. The molecule has 0 radical (unpaired) electrons. The van der Waals surface area contributed by atoms with Crippen LogP contribution in [0.2, 0.25) is 0 Å². The van der Waals surface area contributed by atoms with Gasteiger partial charge in [0.2, 0.25) is 0 Å². The van der Waals surface area contributed by atoms with Crippen molar-refractivity contribution in [1.82, 2.24) is 5.32 Å². The predicted octanol–water partition coefficient (Wildman–Crippen LogP) is 0.916. The Kier molecular flexibility index (Phi) is 4.16. The number of aliphatic hydroxyl groups excluding tert-OH is 1. The maximum absolute atomic E-state index is 9.12. The van der Waals surface area contributed by atoms with Crippen molar-refractivity contribution in [3.05, 3.63) is 0 Å². The van der Waals surface area contributed by atoms with Crippen molar-refractivity contribution in [3.63, 3.8) is 0 Å². The molecule has 1 aliphatic rings. The molecule has 0 heterocycles. The first-order valence-electron chi connectivity index (χ1n) is 5.11. The summed E-state index contributed by atoms with van der Waals surface area (Å²) < 4.78 is 5.73. The Hall–Kier alpha value is -0.120.